The second kappa shape index (κ2) is 11.6. The zero-order valence-corrected chi connectivity index (χ0v) is 23.1. The summed E-state index contributed by atoms with van der Waals surface area (Å²) in [7, 11) is 0. The van der Waals surface area contributed by atoms with Crippen molar-refractivity contribution in [1.82, 2.24) is 0 Å². The van der Waals surface area contributed by atoms with Gasteiger partial charge < -0.3 is 14.4 Å². The van der Waals surface area contributed by atoms with Gasteiger partial charge in [-0.05, 0) is 106 Å². The third kappa shape index (κ3) is 5.96. The lowest BCUT2D eigenvalue weighted by Crippen LogP contribution is -2.44. The number of hydrogen-bond acceptors (Lipinski definition) is 5. The van der Waals surface area contributed by atoms with Crippen LogP contribution in [-0.2, 0) is 33.3 Å². The van der Waals surface area contributed by atoms with Crippen LogP contribution in [0.25, 0.3) is 0 Å². The molecule has 4 rings (SSSR count). The summed E-state index contributed by atoms with van der Waals surface area (Å²) in [5.41, 5.74) is 0.181. The van der Waals surface area contributed by atoms with Crippen molar-refractivity contribution in [3.05, 3.63) is 58.7 Å². The molecule has 0 spiro atoms. The largest absolute Gasteiger partial charge is 0.417 e. The van der Waals surface area contributed by atoms with Gasteiger partial charge in [-0.3, -0.25) is 9.69 Å². The summed E-state index contributed by atoms with van der Waals surface area (Å²) in [5.74, 6) is -0.450. The van der Waals surface area contributed by atoms with Crippen LogP contribution >= 0.6 is 12.2 Å². The van der Waals surface area contributed by atoms with E-state index in [2.05, 4.69) is 6.92 Å². The minimum absolute atomic E-state index is 0.0267. The van der Waals surface area contributed by atoms with E-state index in [0.717, 1.165) is 67.7 Å². The predicted molar refractivity (Wildman–Crippen MR) is 146 cm³/mol. The fourth-order valence-corrected chi connectivity index (χ4v) is 5.63. The summed E-state index contributed by atoms with van der Waals surface area (Å²) in [5, 5.41) is 9.22. The van der Waals surface area contributed by atoms with E-state index in [0.29, 0.717) is 12.3 Å². The van der Waals surface area contributed by atoms with Crippen molar-refractivity contribution in [2.75, 3.05) is 23.0 Å². The van der Waals surface area contributed by atoms with Gasteiger partial charge in [-0.15, -0.1) is 0 Å². The topological polar surface area (TPSA) is 65.8 Å². The Hall–Kier alpha value is -3.00. The highest BCUT2D eigenvalue weighted by Gasteiger charge is 2.50. The van der Waals surface area contributed by atoms with Crippen LogP contribution in [0.15, 0.2) is 36.4 Å². The Bertz CT molecular complexity index is 1280. The molecule has 10 heteroatoms. The molecule has 0 unspecified atom stereocenters. The number of anilines is 2. The first kappa shape index (κ1) is 29.0. The van der Waals surface area contributed by atoms with Gasteiger partial charge in [-0.25, -0.2) is 0 Å². The Morgan fingerprint density at radius 1 is 1.15 bits per heavy atom. The molecular formula is C29H32F3N3O3S. The molecule has 2 aromatic carbocycles. The normalized spacial score (nSPS) is 19.5. The van der Waals surface area contributed by atoms with Gasteiger partial charge in [0.2, 0.25) is 0 Å². The van der Waals surface area contributed by atoms with Gasteiger partial charge in [0.05, 0.1) is 29.5 Å². The van der Waals surface area contributed by atoms with E-state index in [-0.39, 0.29) is 17.1 Å². The predicted octanol–water partition coefficient (Wildman–Crippen LogP) is 6.53. The first-order valence-corrected chi connectivity index (χ1v) is 13.5. The number of nitrogens with zero attached hydrogens (tertiary/aromatic N) is 3. The quantitative estimate of drug-likeness (QED) is 0.271. The van der Waals surface area contributed by atoms with Crippen LogP contribution in [0, 0.1) is 11.3 Å². The molecule has 1 atom stereocenters. The molecule has 0 aliphatic carbocycles. The van der Waals surface area contributed by atoms with Gasteiger partial charge in [0.15, 0.2) is 11.4 Å². The van der Waals surface area contributed by atoms with Crippen molar-refractivity contribution >= 4 is 34.6 Å². The highest BCUT2D eigenvalue weighted by Crippen LogP contribution is 2.40. The van der Waals surface area contributed by atoms with Crippen LogP contribution in [0.2, 0.25) is 0 Å². The number of aryl methyl sites for hydroxylation is 2. The summed E-state index contributed by atoms with van der Waals surface area (Å²) < 4.78 is 52.3. The fraction of sp³-hybridized carbons (Fsp3) is 0.483. The van der Waals surface area contributed by atoms with Crippen molar-refractivity contribution in [3.63, 3.8) is 0 Å². The highest BCUT2D eigenvalue weighted by atomic mass is 32.1. The summed E-state index contributed by atoms with van der Waals surface area (Å²) in [6.45, 7) is 6.79. The molecule has 0 N–H and O–H groups in total. The number of alkyl halides is 3. The van der Waals surface area contributed by atoms with E-state index in [1.54, 1.807) is 24.8 Å². The Morgan fingerprint density at radius 2 is 1.90 bits per heavy atom. The van der Waals surface area contributed by atoms with Crippen molar-refractivity contribution in [3.8, 4) is 6.07 Å². The number of nitriles is 1. The maximum absolute atomic E-state index is 13.6. The second-order valence-electron chi connectivity index (χ2n) is 10.2. The molecule has 6 nitrogen and oxygen atoms in total. The van der Waals surface area contributed by atoms with Crippen molar-refractivity contribution in [2.24, 2.45) is 0 Å². The minimum atomic E-state index is -4.75. The molecule has 2 aliphatic rings. The molecule has 208 valence electrons. The molecule has 2 fully saturated rings. The number of hydrogen-bond donors (Lipinski definition) is 0. The fourth-order valence-electron chi connectivity index (χ4n) is 5.10. The maximum atomic E-state index is 13.6. The van der Waals surface area contributed by atoms with Crippen LogP contribution in [0.4, 0.5) is 24.5 Å². The number of halogens is 3. The zero-order chi connectivity index (χ0) is 28.4. The van der Waals surface area contributed by atoms with Gasteiger partial charge in [-0.2, -0.15) is 18.4 Å². The van der Waals surface area contributed by atoms with E-state index in [1.165, 1.54) is 11.6 Å². The van der Waals surface area contributed by atoms with Gasteiger partial charge >= 0.3 is 6.18 Å². The van der Waals surface area contributed by atoms with E-state index in [4.69, 9.17) is 27.0 Å². The van der Waals surface area contributed by atoms with E-state index in [1.807, 2.05) is 18.2 Å². The van der Waals surface area contributed by atoms with Crippen LogP contribution in [0.3, 0.4) is 0 Å². The van der Waals surface area contributed by atoms with E-state index in [9.17, 15) is 18.0 Å². The van der Waals surface area contributed by atoms with Crippen LogP contribution in [0.1, 0.15) is 68.7 Å². The van der Waals surface area contributed by atoms with Gasteiger partial charge in [-0.1, -0.05) is 13.0 Å². The van der Waals surface area contributed by atoms with Gasteiger partial charge in [0.25, 0.3) is 5.91 Å². The highest BCUT2D eigenvalue weighted by molar-refractivity contribution is 7.81. The molecule has 0 radical (unpaired) electrons. The van der Waals surface area contributed by atoms with Crippen LogP contribution < -0.4 is 9.80 Å². The number of ether oxygens (including phenoxy) is 2. The number of carbonyl (C=O) groups is 1. The monoisotopic (exact) mass is 559 g/mol. The molecule has 2 aromatic rings. The van der Waals surface area contributed by atoms with Crippen LogP contribution in [0.5, 0.6) is 0 Å². The third-order valence-corrected chi connectivity index (χ3v) is 7.58. The van der Waals surface area contributed by atoms with Gasteiger partial charge in [0, 0.05) is 12.3 Å². The molecule has 0 bridgehead atoms. The molecule has 0 saturated carbocycles. The van der Waals surface area contributed by atoms with E-state index >= 15 is 0 Å². The molecule has 2 heterocycles. The SMILES string of the molecule is CCc1cc(N2C(=S)N(c3ccc(C#N)c(C(F)(F)F)c3)C(=O)C2(C)C)ccc1CCCO[C@H]1CCCCO1. The number of amides is 1. The smallest absolute Gasteiger partial charge is 0.353 e. The van der Waals surface area contributed by atoms with Crippen LogP contribution in [-0.4, -0.2) is 36.1 Å². The molecular weight excluding hydrogens is 527 g/mol. The Labute approximate surface area is 232 Å². The lowest BCUT2D eigenvalue weighted by molar-refractivity contribution is -0.162. The zero-order valence-electron chi connectivity index (χ0n) is 22.3. The number of benzene rings is 2. The average molecular weight is 560 g/mol. The van der Waals surface area contributed by atoms with Crippen molar-refractivity contribution in [2.45, 2.75) is 77.3 Å². The molecule has 2 aliphatic heterocycles. The van der Waals surface area contributed by atoms with Gasteiger partial charge in [0.1, 0.15) is 5.54 Å². The number of rotatable bonds is 8. The second-order valence-corrected chi connectivity index (χ2v) is 10.6. The van der Waals surface area contributed by atoms with Crippen molar-refractivity contribution < 1.29 is 27.4 Å². The molecule has 39 heavy (non-hydrogen) atoms. The molecule has 1 amide bonds. The lowest BCUT2D eigenvalue weighted by Gasteiger charge is -2.30. The maximum Gasteiger partial charge on any atom is 0.417 e. The summed E-state index contributed by atoms with van der Waals surface area (Å²) in [6.07, 6.45) is 0.682. The van der Waals surface area contributed by atoms with Crippen molar-refractivity contribution in [1.29, 1.82) is 5.26 Å². The Morgan fingerprint density at radius 3 is 2.54 bits per heavy atom. The molecule has 2 saturated heterocycles. The third-order valence-electron chi connectivity index (χ3n) is 7.22. The summed E-state index contributed by atoms with van der Waals surface area (Å²) in [4.78, 5) is 16.3. The first-order chi connectivity index (χ1) is 18.5. The van der Waals surface area contributed by atoms with E-state index < -0.39 is 28.7 Å². The Kier molecular flexibility index (Phi) is 8.64. The number of thiocarbonyl (C=S) groups is 1. The minimum Gasteiger partial charge on any atom is -0.353 e. The summed E-state index contributed by atoms with van der Waals surface area (Å²) >= 11 is 5.67. The first-order valence-electron chi connectivity index (χ1n) is 13.1. The lowest BCUT2D eigenvalue weighted by atomic mass is 9.98. The molecule has 0 aromatic heterocycles. The average Bonchev–Trinajstić information content (AvgIpc) is 3.09. The summed E-state index contributed by atoms with van der Waals surface area (Å²) in [6, 6.07) is 10.7. The Balaban J connectivity index is 1.55. The number of carbonyl (C=O) groups excluding carboxylic acids is 1. The standard InChI is InChI=1S/C29H32F3N3O3S/c1-4-19-16-23(13-10-20(19)8-7-15-38-25-9-5-6-14-37-25)35-27(39)34(26(36)28(35,2)3)22-12-11-21(18-33)24(17-22)29(30,31)32/h10-13,16-17,25H,4-9,14-15H2,1-3H3/t25-/m0/s1.